The van der Waals surface area contributed by atoms with E-state index in [0.29, 0.717) is 5.92 Å². The van der Waals surface area contributed by atoms with Crippen LogP contribution in [0.2, 0.25) is 0 Å². The van der Waals surface area contributed by atoms with Crippen LogP contribution >= 0.6 is 0 Å². The molecule has 1 atom stereocenters. The minimum Gasteiger partial charge on any atom is -0.357 e. The predicted molar refractivity (Wildman–Crippen MR) is 94.9 cm³/mol. The van der Waals surface area contributed by atoms with Crippen molar-refractivity contribution in [3.8, 4) is 0 Å². The average molecular weight is 322 g/mol. The lowest BCUT2D eigenvalue weighted by molar-refractivity contribution is 0.236. The van der Waals surface area contributed by atoms with E-state index in [1.54, 1.807) is 6.07 Å². The maximum Gasteiger partial charge on any atom is 0.189 e. The number of aromatic nitrogens is 3. The third-order valence-electron chi connectivity index (χ3n) is 4.85. The Bertz CT molecular complexity index is 911. The second kappa shape index (κ2) is 6.24. The number of benzene rings is 1. The molecule has 5 nitrogen and oxygen atoms in total. The summed E-state index contributed by atoms with van der Waals surface area (Å²) in [5, 5.41) is 0.753. The largest absolute Gasteiger partial charge is 0.357 e. The second-order valence-electron chi connectivity index (χ2n) is 6.80. The summed E-state index contributed by atoms with van der Waals surface area (Å²) in [5.41, 5.74) is 1.97. The van der Waals surface area contributed by atoms with Gasteiger partial charge < -0.3 is 14.5 Å². The van der Waals surface area contributed by atoms with Gasteiger partial charge in [-0.2, -0.15) is 0 Å². The van der Waals surface area contributed by atoms with Crippen LogP contribution in [0.5, 0.6) is 0 Å². The Balaban J connectivity index is 1.45. The fourth-order valence-corrected chi connectivity index (χ4v) is 3.70. The van der Waals surface area contributed by atoms with Crippen LogP contribution in [0.1, 0.15) is 17.9 Å². The van der Waals surface area contributed by atoms with Crippen molar-refractivity contribution in [1.82, 2.24) is 19.4 Å². The number of pyridine rings is 1. The fraction of sp³-hybridized carbons (Fsp3) is 0.368. The molecule has 124 valence electrons. The zero-order valence-corrected chi connectivity index (χ0v) is 13.9. The summed E-state index contributed by atoms with van der Waals surface area (Å²) in [6.45, 7) is 2.83. The number of H-pyrrole nitrogens is 1. The van der Waals surface area contributed by atoms with Crippen molar-refractivity contribution in [3.63, 3.8) is 0 Å². The van der Waals surface area contributed by atoms with Crippen LogP contribution < -0.4 is 5.43 Å². The lowest BCUT2D eigenvalue weighted by Crippen LogP contribution is -2.31. The molecule has 3 aromatic rings. The van der Waals surface area contributed by atoms with Crippen molar-refractivity contribution in [1.29, 1.82) is 0 Å². The second-order valence-corrected chi connectivity index (χ2v) is 6.80. The Labute approximate surface area is 140 Å². The molecule has 0 aliphatic carbocycles. The Kier molecular flexibility index (Phi) is 3.94. The number of rotatable bonds is 4. The molecule has 1 N–H and O–H groups in total. The van der Waals surface area contributed by atoms with Crippen LogP contribution in [-0.4, -0.2) is 33.0 Å². The van der Waals surface area contributed by atoms with Crippen molar-refractivity contribution >= 4 is 10.9 Å². The van der Waals surface area contributed by atoms with Crippen molar-refractivity contribution in [2.45, 2.75) is 25.9 Å². The molecule has 1 aliphatic heterocycles. The van der Waals surface area contributed by atoms with Crippen LogP contribution in [0.25, 0.3) is 10.9 Å². The Hall–Kier alpha value is -2.40. The van der Waals surface area contributed by atoms with Gasteiger partial charge in [0.1, 0.15) is 5.82 Å². The number of hydrogen-bond donors (Lipinski definition) is 1. The highest BCUT2D eigenvalue weighted by Crippen LogP contribution is 2.20. The molecule has 0 amide bonds. The van der Waals surface area contributed by atoms with Gasteiger partial charge in [0.25, 0.3) is 0 Å². The molecule has 0 fully saturated rings. The van der Waals surface area contributed by atoms with Gasteiger partial charge in [0.2, 0.25) is 0 Å². The number of aromatic amines is 1. The number of imidazole rings is 1. The van der Waals surface area contributed by atoms with Gasteiger partial charge >= 0.3 is 0 Å². The predicted octanol–water partition coefficient (Wildman–Crippen LogP) is 2.42. The molecule has 4 rings (SSSR count). The number of nitrogens with zero attached hydrogens (tertiary/aromatic N) is 3. The minimum atomic E-state index is 0.0902. The topological polar surface area (TPSA) is 53.9 Å². The first-order valence-corrected chi connectivity index (χ1v) is 8.48. The molecule has 0 radical (unpaired) electrons. The third-order valence-corrected chi connectivity index (χ3v) is 4.85. The lowest BCUT2D eigenvalue weighted by atomic mass is 9.97. The van der Waals surface area contributed by atoms with Gasteiger partial charge in [-0.3, -0.25) is 4.79 Å². The van der Waals surface area contributed by atoms with Crippen molar-refractivity contribution in [2.24, 2.45) is 5.92 Å². The Morgan fingerprint density at radius 1 is 1.38 bits per heavy atom. The highest BCUT2D eigenvalue weighted by molar-refractivity contribution is 5.78. The highest BCUT2D eigenvalue weighted by atomic mass is 16.1. The molecule has 1 aliphatic rings. The van der Waals surface area contributed by atoms with Gasteiger partial charge in [0.15, 0.2) is 5.43 Å². The molecule has 2 aromatic heterocycles. The zero-order chi connectivity index (χ0) is 16.5. The summed E-state index contributed by atoms with van der Waals surface area (Å²) in [5.74, 6) is 1.82. The number of para-hydroxylation sites is 1. The van der Waals surface area contributed by atoms with E-state index in [1.807, 2.05) is 30.5 Å². The summed E-state index contributed by atoms with van der Waals surface area (Å²) in [4.78, 5) is 22.4. The molecule has 1 aromatic carbocycles. The van der Waals surface area contributed by atoms with Gasteiger partial charge in [0, 0.05) is 61.1 Å². The monoisotopic (exact) mass is 322 g/mol. The molecule has 1 unspecified atom stereocenters. The van der Waals surface area contributed by atoms with Gasteiger partial charge in [-0.15, -0.1) is 0 Å². The van der Waals surface area contributed by atoms with E-state index in [1.165, 1.54) is 12.2 Å². The first-order chi connectivity index (χ1) is 11.7. The third kappa shape index (κ3) is 2.99. The van der Waals surface area contributed by atoms with Crippen molar-refractivity contribution in [2.75, 3.05) is 13.6 Å². The molecule has 24 heavy (non-hydrogen) atoms. The SMILES string of the molecule is CN(Cc1cc(=O)c2ccccc2[nH]1)CC1CCn2ccnc2C1. The van der Waals surface area contributed by atoms with Crippen molar-refractivity contribution in [3.05, 3.63) is 64.5 Å². The highest BCUT2D eigenvalue weighted by Gasteiger charge is 2.20. The summed E-state index contributed by atoms with van der Waals surface area (Å²) in [6, 6.07) is 9.41. The van der Waals surface area contributed by atoms with E-state index in [0.717, 1.165) is 42.7 Å². The van der Waals surface area contributed by atoms with E-state index in [-0.39, 0.29) is 5.43 Å². The van der Waals surface area contributed by atoms with Gasteiger partial charge in [-0.1, -0.05) is 12.1 Å². The van der Waals surface area contributed by atoms with E-state index in [4.69, 9.17) is 0 Å². The van der Waals surface area contributed by atoms with Gasteiger partial charge in [-0.05, 0) is 31.5 Å². The summed E-state index contributed by atoms with van der Waals surface area (Å²) >= 11 is 0. The fourth-order valence-electron chi connectivity index (χ4n) is 3.70. The summed E-state index contributed by atoms with van der Waals surface area (Å²) in [7, 11) is 2.12. The van der Waals surface area contributed by atoms with Crippen LogP contribution in [0.4, 0.5) is 0 Å². The normalized spacial score (nSPS) is 17.3. The first-order valence-electron chi connectivity index (χ1n) is 8.48. The average Bonchev–Trinajstić information content (AvgIpc) is 3.02. The summed E-state index contributed by atoms with van der Waals surface area (Å²) in [6.07, 6.45) is 6.17. The smallest absolute Gasteiger partial charge is 0.189 e. The molecular formula is C19H22N4O. The Morgan fingerprint density at radius 2 is 2.25 bits per heavy atom. The number of nitrogens with one attached hydrogen (secondary N) is 1. The molecule has 5 heteroatoms. The Morgan fingerprint density at radius 3 is 3.17 bits per heavy atom. The number of fused-ring (bicyclic) bond motifs is 2. The van der Waals surface area contributed by atoms with E-state index < -0.39 is 0 Å². The van der Waals surface area contributed by atoms with E-state index in [2.05, 4.69) is 32.7 Å². The molecule has 0 bridgehead atoms. The van der Waals surface area contributed by atoms with Crippen LogP contribution in [-0.2, 0) is 19.5 Å². The number of aryl methyl sites for hydroxylation is 1. The van der Waals surface area contributed by atoms with Crippen molar-refractivity contribution < 1.29 is 0 Å². The summed E-state index contributed by atoms with van der Waals surface area (Å²) < 4.78 is 2.25. The molecule has 0 saturated carbocycles. The quantitative estimate of drug-likeness (QED) is 0.802. The van der Waals surface area contributed by atoms with Crippen LogP contribution in [0.15, 0.2) is 47.5 Å². The molecule has 3 heterocycles. The number of hydrogen-bond acceptors (Lipinski definition) is 3. The lowest BCUT2D eigenvalue weighted by Gasteiger charge is -2.27. The van der Waals surface area contributed by atoms with Gasteiger partial charge in [-0.25, -0.2) is 4.98 Å². The van der Waals surface area contributed by atoms with Gasteiger partial charge in [0.05, 0.1) is 0 Å². The zero-order valence-electron chi connectivity index (χ0n) is 13.9. The van der Waals surface area contributed by atoms with E-state index >= 15 is 0 Å². The maximum atomic E-state index is 12.2. The molecule has 0 spiro atoms. The van der Waals surface area contributed by atoms with Crippen LogP contribution in [0.3, 0.4) is 0 Å². The first kappa shape index (κ1) is 15.1. The maximum absolute atomic E-state index is 12.2. The molecular weight excluding hydrogens is 300 g/mol. The van der Waals surface area contributed by atoms with E-state index in [9.17, 15) is 4.79 Å². The minimum absolute atomic E-state index is 0.0902. The standard InChI is InChI=1S/C19H22N4O/c1-22(12-14-6-8-23-9-7-20-19(23)10-14)13-15-11-18(24)16-4-2-3-5-17(16)21-15/h2-5,7,9,11,14H,6,8,10,12-13H2,1H3,(H,21,24). The molecule has 0 saturated heterocycles. The van der Waals surface area contributed by atoms with Crippen LogP contribution in [0, 0.1) is 5.92 Å².